The minimum atomic E-state index is 0.796. The molecule has 0 radical (unpaired) electrons. The fourth-order valence-electron chi connectivity index (χ4n) is 0.774. The molecule has 1 heteroatoms. The molecule has 0 saturated carbocycles. The fourth-order valence-corrected chi connectivity index (χ4v) is 0.774. The standard InChI is InChI=1S/C9H13N/c1-2-8-10-9-6-4-3-5-7-9/h3-7,10H,2,8H2,1H3/i/hD. The molecule has 1 aromatic rings. The summed E-state index contributed by atoms with van der Waals surface area (Å²) < 4.78 is 7.55. The van der Waals surface area contributed by atoms with E-state index in [1.807, 2.05) is 30.3 Å². The largest absolute Gasteiger partial charge is 0.385 e. The van der Waals surface area contributed by atoms with Gasteiger partial charge in [0.2, 0.25) is 0 Å². The predicted molar refractivity (Wildman–Crippen MR) is 45.2 cm³/mol. The zero-order valence-electron chi connectivity index (χ0n) is 7.25. The fraction of sp³-hybridized carbons (Fsp3) is 0.333. The average molecular weight is 136 g/mol. The topological polar surface area (TPSA) is 12.0 Å². The lowest BCUT2D eigenvalue weighted by Gasteiger charge is -2.01. The first-order valence-electron chi connectivity index (χ1n) is 4.10. The first-order chi connectivity index (χ1) is 5.34. The maximum Gasteiger partial charge on any atom is 0.160 e. The molecule has 0 spiro atoms. The van der Waals surface area contributed by atoms with Crippen molar-refractivity contribution in [1.29, 1.82) is 0 Å². The van der Waals surface area contributed by atoms with Crippen LogP contribution >= 0.6 is 0 Å². The Morgan fingerprint density at radius 1 is 1.40 bits per heavy atom. The third kappa shape index (κ3) is 2.09. The van der Waals surface area contributed by atoms with Gasteiger partial charge in [-0.25, -0.2) is 0 Å². The van der Waals surface area contributed by atoms with Crippen molar-refractivity contribution in [1.82, 2.24) is 0 Å². The third-order valence-corrected chi connectivity index (χ3v) is 1.27. The van der Waals surface area contributed by atoms with E-state index in [4.69, 9.17) is 1.41 Å². The normalized spacial score (nSPS) is 10.7. The summed E-state index contributed by atoms with van der Waals surface area (Å²) in [5, 5.41) is 1.51. The van der Waals surface area contributed by atoms with Crippen molar-refractivity contribution in [2.45, 2.75) is 13.3 Å². The van der Waals surface area contributed by atoms with Crippen molar-refractivity contribution >= 4 is 5.69 Å². The summed E-state index contributed by atoms with van der Waals surface area (Å²) in [6, 6.07) is 9.76. The van der Waals surface area contributed by atoms with Gasteiger partial charge >= 0.3 is 0 Å². The maximum atomic E-state index is 7.55. The van der Waals surface area contributed by atoms with E-state index in [9.17, 15) is 0 Å². The Balaban J connectivity index is 2.61. The molecule has 1 N–H and O–H groups in total. The molecule has 1 rings (SSSR count). The van der Waals surface area contributed by atoms with Crippen molar-refractivity contribution < 1.29 is 1.41 Å². The van der Waals surface area contributed by atoms with Gasteiger partial charge in [-0.05, 0) is 18.6 Å². The highest BCUT2D eigenvalue weighted by molar-refractivity contribution is 5.42. The van der Waals surface area contributed by atoms with Crippen LogP contribution in [0.1, 0.15) is 13.3 Å². The summed E-state index contributed by atoms with van der Waals surface area (Å²) in [7, 11) is 0. The van der Waals surface area contributed by atoms with Crippen LogP contribution in [0.15, 0.2) is 30.3 Å². The lowest BCUT2D eigenvalue weighted by Crippen LogP contribution is -1.98. The van der Waals surface area contributed by atoms with Gasteiger partial charge in [-0.2, -0.15) is 0 Å². The van der Waals surface area contributed by atoms with Crippen molar-refractivity contribution in [3.8, 4) is 0 Å². The second-order valence-corrected chi connectivity index (χ2v) is 2.22. The number of para-hydroxylation sites is 1. The quantitative estimate of drug-likeness (QED) is 0.673. The second-order valence-electron chi connectivity index (χ2n) is 2.22. The highest BCUT2D eigenvalue weighted by Gasteiger charge is 1.84. The Hall–Kier alpha value is -0.980. The van der Waals surface area contributed by atoms with Crippen LogP contribution in [0, 0.1) is 0 Å². The Morgan fingerprint density at radius 2 is 2.10 bits per heavy atom. The number of nitrogens with one attached hydrogen (secondary N) is 1. The Kier molecular flexibility index (Phi) is 2.27. The minimum Gasteiger partial charge on any atom is -0.385 e. The van der Waals surface area contributed by atoms with Gasteiger partial charge in [-0.15, -0.1) is 0 Å². The smallest absolute Gasteiger partial charge is 0.160 e. The van der Waals surface area contributed by atoms with E-state index >= 15 is 0 Å². The van der Waals surface area contributed by atoms with Crippen molar-refractivity contribution in [2.75, 3.05) is 11.9 Å². The first kappa shape index (κ1) is 5.78. The molecule has 0 aliphatic heterocycles. The van der Waals surface area contributed by atoms with Crippen molar-refractivity contribution in [3.05, 3.63) is 30.3 Å². The van der Waals surface area contributed by atoms with Crippen LogP contribution in [0.5, 0.6) is 0 Å². The monoisotopic (exact) mass is 136 g/mol. The Morgan fingerprint density at radius 3 is 2.70 bits per heavy atom. The molecule has 1 aromatic carbocycles. The molecule has 0 aliphatic carbocycles. The van der Waals surface area contributed by atoms with E-state index in [2.05, 4.69) is 6.92 Å². The summed E-state index contributed by atoms with van der Waals surface area (Å²) in [5.41, 5.74) is 0.967. The molecule has 0 heterocycles. The molecule has 0 bridgehead atoms. The molecule has 0 fully saturated rings. The minimum absolute atomic E-state index is 0.796. The third-order valence-electron chi connectivity index (χ3n) is 1.27. The maximum absolute atomic E-state index is 7.55. The van der Waals surface area contributed by atoms with Crippen LogP contribution in [-0.2, 0) is 0 Å². The van der Waals surface area contributed by atoms with Gasteiger partial charge in [0.1, 0.15) is 0 Å². The van der Waals surface area contributed by atoms with Gasteiger partial charge in [0.05, 0.1) is 0 Å². The Labute approximate surface area is 63.5 Å². The second kappa shape index (κ2) is 3.94. The van der Waals surface area contributed by atoms with Crippen LogP contribution in [0.2, 0.25) is 1.41 Å². The van der Waals surface area contributed by atoms with E-state index in [0.717, 1.165) is 18.7 Å². The zero-order chi connectivity index (χ0) is 8.10. The highest BCUT2D eigenvalue weighted by atomic mass is 14.9. The molecule has 0 amide bonds. The lowest BCUT2D eigenvalue weighted by molar-refractivity contribution is 0.980. The van der Waals surface area contributed by atoms with Crippen LogP contribution in [0.3, 0.4) is 0 Å². The summed E-state index contributed by atoms with van der Waals surface area (Å²) in [5.74, 6) is 0. The van der Waals surface area contributed by atoms with Crippen molar-refractivity contribution in [3.63, 3.8) is 0 Å². The summed E-state index contributed by atoms with van der Waals surface area (Å²) >= 11 is 0. The number of benzene rings is 1. The van der Waals surface area contributed by atoms with E-state index in [0.29, 0.717) is 0 Å². The zero-order valence-corrected chi connectivity index (χ0v) is 6.25. The van der Waals surface area contributed by atoms with E-state index in [1.54, 1.807) is 0 Å². The molecule has 54 valence electrons. The van der Waals surface area contributed by atoms with Gasteiger partial charge in [0.15, 0.2) is 1.41 Å². The molecule has 0 aromatic heterocycles. The number of hydrogen-bond acceptors (Lipinski definition) is 1. The molecule has 10 heavy (non-hydrogen) atoms. The lowest BCUT2D eigenvalue weighted by atomic mass is 10.3. The van der Waals surface area contributed by atoms with Crippen LogP contribution in [-0.4, -0.2) is 6.54 Å². The molecule has 0 saturated heterocycles. The summed E-state index contributed by atoms with van der Waals surface area (Å²) in [4.78, 5) is 0. The molecular formula is C9H13N. The van der Waals surface area contributed by atoms with Crippen LogP contribution < -0.4 is 5.31 Å². The van der Waals surface area contributed by atoms with Gasteiger partial charge in [-0.3, -0.25) is 0 Å². The summed E-state index contributed by atoms with van der Waals surface area (Å²) in [6.07, 6.45) is 1.01. The van der Waals surface area contributed by atoms with Crippen LogP contribution in [0.25, 0.3) is 0 Å². The molecule has 0 unspecified atom stereocenters. The van der Waals surface area contributed by atoms with E-state index in [-0.39, 0.29) is 0 Å². The van der Waals surface area contributed by atoms with Crippen LogP contribution in [0.4, 0.5) is 5.69 Å². The number of hydrogen-bond donors (Lipinski definition) is 1. The van der Waals surface area contributed by atoms with Gasteiger partial charge in [0.25, 0.3) is 0 Å². The highest BCUT2D eigenvalue weighted by Crippen LogP contribution is 2.03. The Bertz CT molecular complexity index is 198. The predicted octanol–water partition coefficient (Wildman–Crippen LogP) is 2.51. The number of rotatable bonds is 3. The van der Waals surface area contributed by atoms with E-state index < -0.39 is 0 Å². The van der Waals surface area contributed by atoms with Gasteiger partial charge in [-0.1, -0.05) is 25.1 Å². The average Bonchev–Trinajstić information content (AvgIpc) is 2.07. The van der Waals surface area contributed by atoms with Gasteiger partial charge < -0.3 is 5.31 Å². The summed E-state index contributed by atoms with van der Waals surface area (Å²) in [6.45, 7) is 2.87. The molecule has 0 atom stereocenters. The molecule has 1 nitrogen and oxygen atoms in total. The first-order valence-corrected chi connectivity index (χ1v) is 3.66. The molecule has 0 aliphatic rings. The van der Waals surface area contributed by atoms with Crippen molar-refractivity contribution in [2.24, 2.45) is 0 Å². The van der Waals surface area contributed by atoms with E-state index in [1.165, 1.54) is 5.31 Å². The molecular weight excluding hydrogens is 122 g/mol. The van der Waals surface area contributed by atoms with Gasteiger partial charge in [0, 0.05) is 12.2 Å². The number of anilines is 1. The SMILES string of the molecule is [2H]N(CCC)c1ccccc1.